The van der Waals surface area contributed by atoms with Crippen LogP contribution in [0, 0.1) is 12.7 Å². The third-order valence-corrected chi connectivity index (χ3v) is 4.79. The number of halogens is 1. The second-order valence-corrected chi connectivity index (χ2v) is 6.73. The summed E-state index contributed by atoms with van der Waals surface area (Å²) in [5.74, 6) is 0.216. The molecule has 4 nitrogen and oxygen atoms in total. The zero-order chi connectivity index (χ0) is 19.5. The van der Waals surface area contributed by atoms with Gasteiger partial charge in [0.2, 0.25) is 0 Å². The molecule has 0 aromatic heterocycles. The number of carbonyl (C=O) groups excluding carboxylic acids is 1. The Labute approximate surface area is 163 Å². The van der Waals surface area contributed by atoms with Gasteiger partial charge in [0.25, 0.3) is 0 Å². The Bertz CT molecular complexity index is 1020. The largest absolute Gasteiger partial charge is 0.328 e. The van der Waals surface area contributed by atoms with Gasteiger partial charge in [-0.3, -0.25) is 15.2 Å². The fraction of sp³-hybridized carbons (Fsp3) is 0.130. The van der Waals surface area contributed by atoms with Crippen molar-refractivity contribution in [3.8, 4) is 0 Å². The van der Waals surface area contributed by atoms with Crippen molar-refractivity contribution in [3.05, 3.63) is 101 Å². The summed E-state index contributed by atoms with van der Waals surface area (Å²) in [6, 6.07) is 23.6. The number of aryl methyl sites for hydroxylation is 1. The fourth-order valence-corrected chi connectivity index (χ4v) is 3.30. The Kier molecular flexibility index (Phi) is 4.89. The summed E-state index contributed by atoms with van der Waals surface area (Å²) in [5, 5.41) is 2.87. The summed E-state index contributed by atoms with van der Waals surface area (Å²) in [4.78, 5) is 19.0. The van der Waals surface area contributed by atoms with Crippen molar-refractivity contribution in [3.63, 3.8) is 0 Å². The molecule has 0 radical (unpaired) electrons. The van der Waals surface area contributed by atoms with Crippen LogP contribution in [0.25, 0.3) is 0 Å². The van der Waals surface area contributed by atoms with Gasteiger partial charge in [-0.1, -0.05) is 66.7 Å². The van der Waals surface area contributed by atoms with Gasteiger partial charge in [0.1, 0.15) is 17.7 Å². The number of hydrogen-bond donors (Lipinski definition) is 1. The lowest BCUT2D eigenvalue weighted by atomic mass is 10.0. The van der Waals surface area contributed by atoms with E-state index in [4.69, 9.17) is 0 Å². The zero-order valence-electron chi connectivity index (χ0n) is 15.5. The van der Waals surface area contributed by atoms with E-state index in [9.17, 15) is 9.18 Å². The van der Waals surface area contributed by atoms with Crippen LogP contribution in [-0.4, -0.2) is 11.9 Å². The molecule has 2 amide bonds. The molecule has 1 heterocycles. The minimum Gasteiger partial charge on any atom is -0.294 e. The summed E-state index contributed by atoms with van der Waals surface area (Å²) in [6.45, 7) is 2.15. The maximum Gasteiger partial charge on any atom is 0.328 e. The number of urea groups is 1. The van der Waals surface area contributed by atoms with Crippen LogP contribution in [0.2, 0.25) is 0 Å². The number of amidine groups is 1. The molecular weight excluding hydrogens is 353 g/mol. The first-order chi connectivity index (χ1) is 13.6. The Balaban J connectivity index is 1.75. The van der Waals surface area contributed by atoms with Crippen molar-refractivity contribution in [1.82, 2.24) is 5.32 Å². The lowest BCUT2D eigenvalue weighted by Crippen LogP contribution is -2.29. The number of nitrogens with one attached hydrogen (secondary N) is 1. The van der Waals surface area contributed by atoms with Crippen LogP contribution in [0.1, 0.15) is 22.7 Å². The lowest BCUT2D eigenvalue weighted by Gasteiger charge is -2.23. The van der Waals surface area contributed by atoms with E-state index in [0.717, 1.165) is 11.1 Å². The minimum atomic E-state index is -0.431. The number of aliphatic imine (C=N–C) groups is 1. The van der Waals surface area contributed by atoms with Crippen LogP contribution in [0.4, 0.5) is 14.9 Å². The summed E-state index contributed by atoms with van der Waals surface area (Å²) >= 11 is 0. The van der Waals surface area contributed by atoms with Gasteiger partial charge in [-0.2, -0.15) is 0 Å². The first-order valence-electron chi connectivity index (χ1n) is 9.13. The van der Waals surface area contributed by atoms with E-state index in [1.807, 2.05) is 60.7 Å². The SMILES string of the molecule is Cc1ccc(N2C(=O)NC(=NCc3ccccc3)C2c2ccccc2)cc1F. The quantitative estimate of drug-likeness (QED) is 0.687. The fourth-order valence-electron chi connectivity index (χ4n) is 3.30. The summed E-state index contributed by atoms with van der Waals surface area (Å²) < 4.78 is 14.2. The van der Waals surface area contributed by atoms with Crippen molar-refractivity contribution >= 4 is 17.6 Å². The number of anilines is 1. The van der Waals surface area contributed by atoms with E-state index in [-0.39, 0.29) is 11.8 Å². The molecule has 0 saturated carbocycles. The molecule has 0 spiro atoms. The zero-order valence-corrected chi connectivity index (χ0v) is 15.5. The first kappa shape index (κ1) is 17.9. The highest BCUT2D eigenvalue weighted by Crippen LogP contribution is 2.33. The van der Waals surface area contributed by atoms with Gasteiger partial charge in [0, 0.05) is 5.69 Å². The second kappa shape index (κ2) is 7.64. The Morgan fingerprint density at radius 2 is 1.68 bits per heavy atom. The monoisotopic (exact) mass is 373 g/mol. The van der Waals surface area contributed by atoms with E-state index < -0.39 is 6.04 Å². The van der Waals surface area contributed by atoms with Gasteiger partial charge in [0.15, 0.2) is 0 Å². The van der Waals surface area contributed by atoms with E-state index in [2.05, 4.69) is 10.3 Å². The molecule has 1 fully saturated rings. The molecule has 1 atom stereocenters. The molecule has 1 N–H and O–H groups in total. The molecule has 1 aliphatic rings. The highest BCUT2D eigenvalue weighted by Gasteiger charge is 2.38. The van der Waals surface area contributed by atoms with Gasteiger partial charge >= 0.3 is 6.03 Å². The van der Waals surface area contributed by atoms with Crippen LogP contribution in [0.5, 0.6) is 0 Å². The second-order valence-electron chi connectivity index (χ2n) is 6.73. The molecule has 3 aromatic rings. The number of benzene rings is 3. The predicted molar refractivity (Wildman–Crippen MR) is 109 cm³/mol. The van der Waals surface area contributed by atoms with Gasteiger partial charge < -0.3 is 0 Å². The molecule has 5 heteroatoms. The Morgan fingerprint density at radius 1 is 1.00 bits per heavy atom. The molecule has 140 valence electrons. The molecule has 4 rings (SSSR count). The predicted octanol–water partition coefficient (Wildman–Crippen LogP) is 5.00. The highest BCUT2D eigenvalue weighted by atomic mass is 19.1. The molecule has 3 aromatic carbocycles. The molecular formula is C23H20FN3O. The van der Waals surface area contributed by atoms with Crippen LogP contribution in [-0.2, 0) is 6.54 Å². The van der Waals surface area contributed by atoms with Crippen LogP contribution >= 0.6 is 0 Å². The smallest absolute Gasteiger partial charge is 0.294 e. The summed E-state index contributed by atoms with van der Waals surface area (Å²) in [6.07, 6.45) is 0. The van der Waals surface area contributed by atoms with Crippen molar-refractivity contribution in [2.24, 2.45) is 4.99 Å². The summed E-state index contributed by atoms with van der Waals surface area (Å²) in [7, 11) is 0. The molecule has 1 saturated heterocycles. The van der Waals surface area contributed by atoms with E-state index in [1.165, 1.54) is 6.07 Å². The van der Waals surface area contributed by atoms with Crippen LogP contribution in [0.15, 0.2) is 83.9 Å². The summed E-state index contributed by atoms with van der Waals surface area (Å²) in [5.41, 5.74) is 3.00. The third-order valence-electron chi connectivity index (χ3n) is 4.79. The van der Waals surface area contributed by atoms with Crippen molar-refractivity contribution < 1.29 is 9.18 Å². The van der Waals surface area contributed by atoms with Crippen molar-refractivity contribution in [1.29, 1.82) is 0 Å². The topological polar surface area (TPSA) is 44.7 Å². The van der Waals surface area contributed by atoms with Crippen molar-refractivity contribution in [2.75, 3.05) is 4.90 Å². The van der Waals surface area contributed by atoms with Crippen LogP contribution in [0.3, 0.4) is 0 Å². The average Bonchev–Trinajstić information content (AvgIpc) is 3.06. The van der Waals surface area contributed by atoms with E-state index in [0.29, 0.717) is 23.6 Å². The normalized spacial score (nSPS) is 17.8. The number of amides is 2. The molecule has 1 unspecified atom stereocenters. The van der Waals surface area contributed by atoms with Gasteiger partial charge in [-0.05, 0) is 35.7 Å². The van der Waals surface area contributed by atoms with Gasteiger partial charge in [0.05, 0.1) is 6.54 Å². The Morgan fingerprint density at radius 3 is 2.36 bits per heavy atom. The lowest BCUT2D eigenvalue weighted by molar-refractivity contribution is 0.252. The third kappa shape index (κ3) is 3.51. The maximum atomic E-state index is 14.2. The highest BCUT2D eigenvalue weighted by molar-refractivity contribution is 6.16. The number of carbonyl (C=O) groups is 1. The van der Waals surface area contributed by atoms with Crippen LogP contribution < -0.4 is 10.2 Å². The average molecular weight is 373 g/mol. The van der Waals surface area contributed by atoms with Gasteiger partial charge in [-0.15, -0.1) is 0 Å². The van der Waals surface area contributed by atoms with E-state index in [1.54, 1.807) is 24.0 Å². The minimum absolute atomic E-state index is 0.316. The molecule has 0 aliphatic carbocycles. The number of hydrogen-bond acceptors (Lipinski definition) is 2. The first-order valence-corrected chi connectivity index (χ1v) is 9.13. The Hall–Kier alpha value is -3.47. The molecule has 1 aliphatic heterocycles. The van der Waals surface area contributed by atoms with E-state index >= 15 is 0 Å². The molecule has 28 heavy (non-hydrogen) atoms. The van der Waals surface area contributed by atoms with Crippen molar-refractivity contribution in [2.45, 2.75) is 19.5 Å². The standard InChI is InChI=1S/C23H20FN3O/c1-16-12-13-19(14-20(16)24)27-21(18-10-6-3-7-11-18)22(26-23(27)28)25-15-17-8-4-2-5-9-17/h2-14,21H,15H2,1H3,(H,25,26,28). The maximum absolute atomic E-state index is 14.2. The number of nitrogens with zero attached hydrogens (tertiary/aromatic N) is 2. The van der Waals surface area contributed by atoms with Gasteiger partial charge in [-0.25, -0.2) is 9.18 Å². The number of rotatable bonds is 4. The molecule has 0 bridgehead atoms.